The van der Waals surface area contributed by atoms with Crippen molar-refractivity contribution in [2.75, 3.05) is 17.7 Å². The number of benzene rings is 2. The maximum atomic E-state index is 11.7. The summed E-state index contributed by atoms with van der Waals surface area (Å²) in [6.07, 6.45) is 0.290. The lowest BCUT2D eigenvalue weighted by Crippen LogP contribution is -2.17. The molecule has 0 radical (unpaired) electrons. The number of amides is 2. The molecule has 0 aromatic heterocycles. The van der Waals surface area contributed by atoms with E-state index in [9.17, 15) is 9.59 Å². The number of anilines is 2. The highest BCUT2D eigenvalue weighted by molar-refractivity contribution is 5.92. The van der Waals surface area contributed by atoms with Gasteiger partial charge in [0.15, 0.2) is 0 Å². The number of methoxy groups -OCH3 is 1. The van der Waals surface area contributed by atoms with Crippen LogP contribution in [0, 0.1) is 5.92 Å². The molecule has 0 bridgehead atoms. The highest BCUT2D eigenvalue weighted by Crippen LogP contribution is 2.16. The number of ether oxygens (including phenoxy) is 1. The Labute approximate surface area is 142 Å². The molecule has 24 heavy (non-hydrogen) atoms. The zero-order valence-corrected chi connectivity index (χ0v) is 14.1. The molecule has 2 amide bonds. The molecule has 0 atom stereocenters. The first-order valence-corrected chi connectivity index (χ1v) is 7.81. The van der Waals surface area contributed by atoms with E-state index in [1.807, 2.05) is 62.4 Å². The molecular weight excluding hydrogens is 304 g/mol. The molecule has 0 aliphatic carbocycles. The Morgan fingerprint density at radius 2 is 1.33 bits per heavy atom. The first-order chi connectivity index (χ1) is 11.5. The summed E-state index contributed by atoms with van der Waals surface area (Å²) in [5.41, 5.74) is 3.77. The van der Waals surface area contributed by atoms with Gasteiger partial charge in [-0.3, -0.25) is 10.1 Å². The number of rotatable bonds is 5. The van der Waals surface area contributed by atoms with Crippen LogP contribution in [0.5, 0.6) is 0 Å². The Morgan fingerprint density at radius 1 is 0.875 bits per heavy atom. The van der Waals surface area contributed by atoms with Gasteiger partial charge in [-0.25, -0.2) is 4.79 Å². The van der Waals surface area contributed by atoms with Crippen LogP contribution in [0.2, 0.25) is 0 Å². The molecule has 2 aromatic rings. The minimum absolute atomic E-state index is 0.0106. The van der Waals surface area contributed by atoms with Gasteiger partial charge in [-0.15, -0.1) is 0 Å². The van der Waals surface area contributed by atoms with Crippen molar-refractivity contribution in [3.8, 4) is 0 Å². The second-order valence-corrected chi connectivity index (χ2v) is 5.83. The Bertz CT molecular complexity index is 692. The Kier molecular flexibility index (Phi) is 5.95. The molecule has 2 N–H and O–H groups in total. The van der Waals surface area contributed by atoms with Crippen LogP contribution in [0.25, 0.3) is 0 Å². The number of carbonyl (C=O) groups is 2. The lowest BCUT2D eigenvalue weighted by molar-refractivity contribution is -0.118. The molecule has 0 fully saturated rings. The van der Waals surface area contributed by atoms with E-state index in [2.05, 4.69) is 15.4 Å². The van der Waals surface area contributed by atoms with E-state index in [1.165, 1.54) is 7.11 Å². The molecule has 0 aliphatic heterocycles. The van der Waals surface area contributed by atoms with Gasteiger partial charge in [0.2, 0.25) is 5.91 Å². The van der Waals surface area contributed by atoms with Crippen molar-refractivity contribution in [2.45, 2.75) is 20.3 Å². The minimum Gasteiger partial charge on any atom is -0.453 e. The first-order valence-electron chi connectivity index (χ1n) is 7.81. The summed E-state index contributed by atoms with van der Waals surface area (Å²) in [6.45, 7) is 3.73. The van der Waals surface area contributed by atoms with Gasteiger partial charge in [-0.1, -0.05) is 38.1 Å². The zero-order chi connectivity index (χ0) is 17.5. The van der Waals surface area contributed by atoms with Gasteiger partial charge < -0.3 is 10.1 Å². The van der Waals surface area contributed by atoms with Crippen LogP contribution in [0.1, 0.15) is 25.0 Å². The average molecular weight is 326 g/mol. The summed E-state index contributed by atoms with van der Waals surface area (Å²) in [4.78, 5) is 22.8. The maximum absolute atomic E-state index is 11.7. The third-order valence-corrected chi connectivity index (χ3v) is 3.54. The fourth-order valence-corrected chi connectivity index (χ4v) is 2.10. The van der Waals surface area contributed by atoms with E-state index in [0.717, 1.165) is 23.2 Å². The quantitative estimate of drug-likeness (QED) is 0.871. The highest BCUT2D eigenvalue weighted by Gasteiger charge is 2.07. The number of nitrogens with one attached hydrogen (secondary N) is 2. The Balaban J connectivity index is 1.96. The number of hydrogen-bond donors (Lipinski definition) is 2. The van der Waals surface area contributed by atoms with Crippen molar-refractivity contribution in [3.05, 3.63) is 59.7 Å². The zero-order valence-electron chi connectivity index (χ0n) is 14.1. The van der Waals surface area contributed by atoms with E-state index < -0.39 is 6.09 Å². The lowest BCUT2D eigenvalue weighted by atomic mass is 10.0. The Hall–Kier alpha value is -2.82. The number of hydrogen-bond acceptors (Lipinski definition) is 3. The van der Waals surface area contributed by atoms with Gasteiger partial charge >= 0.3 is 6.09 Å². The lowest BCUT2D eigenvalue weighted by Gasteiger charge is -2.09. The van der Waals surface area contributed by atoms with E-state index in [-0.39, 0.29) is 11.8 Å². The van der Waals surface area contributed by atoms with Crippen molar-refractivity contribution in [1.29, 1.82) is 0 Å². The van der Waals surface area contributed by atoms with Crippen molar-refractivity contribution >= 4 is 23.4 Å². The SMILES string of the molecule is COC(=O)Nc1ccc(Cc2ccc(NC(=O)C(C)C)cc2)cc1. The normalized spacial score (nSPS) is 10.3. The summed E-state index contributed by atoms with van der Waals surface area (Å²) in [7, 11) is 1.33. The molecule has 0 aliphatic rings. The van der Waals surface area contributed by atoms with Crippen LogP contribution in [0.3, 0.4) is 0 Å². The van der Waals surface area contributed by atoms with Gasteiger partial charge in [0.1, 0.15) is 0 Å². The standard InChI is InChI=1S/C19H22N2O3/c1-13(2)18(22)20-16-8-4-14(5-9-16)12-15-6-10-17(11-7-15)21-19(23)24-3/h4-11,13H,12H2,1-3H3,(H,20,22)(H,21,23). The maximum Gasteiger partial charge on any atom is 0.411 e. The van der Waals surface area contributed by atoms with Crippen LogP contribution < -0.4 is 10.6 Å². The molecule has 0 saturated heterocycles. The average Bonchev–Trinajstić information content (AvgIpc) is 2.58. The van der Waals surface area contributed by atoms with E-state index >= 15 is 0 Å². The summed E-state index contributed by atoms with van der Waals surface area (Å²) >= 11 is 0. The second-order valence-electron chi connectivity index (χ2n) is 5.83. The Morgan fingerprint density at radius 3 is 1.75 bits per heavy atom. The van der Waals surface area contributed by atoms with Gasteiger partial charge in [0.05, 0.1) is 7.11 Å². The summed E-state index contributed by atoms with van der Waals surface area (Å²) < 4.78 is 4.55. The van der Waals surface area contributed by atoms with Gasteiger partial charge in [0, 0.05) is 17.3 Å². The van der Waals surface area contributed by atoms with E-state index in [0.29, 0.717) is 5.69 Å². The molecule has 5 nitrogen and oxygen atoms in total. The fourth-order valence-electron chi connectivity index (χ4n) is 2.10. The van der Waals surface area contributed by atoms with Crippen LogP contribution in [-0.4, -0.2) is 19.1 Å². The van der Waals surface area contributed by atoms with Crippen molar-refractivity contribution in [1.82, 2.24) is 0 Å². The van der Waals surface area contributed by atoms with Gasteiger partial charge in [-0.05, 0) is 41.8 Å². The predicted octanol–water partition coefficient (Wildman–Crippen LogP) is 4.05. The fraction of sp³-hybridized carbons (Fsp3) is 0.263. The van der Waals surface area contributed by atoms with Gasteiger partial charge in [-0.2, -0.15) is 0 Å². The molecule has 0 saturated carbocycles. The van der Waals surface area contributed by atoms with Crippen LogP contribution >= 0.6 is 0 Å². The summed E-state index contributed by atoms with van der Waals surface area (Å²) in [5, 5.41) is 5.49. The molecule has 0 unspecified atom stereocenters. The van der Waals surface area contributed by atoms with Crippen molar-refractivity contribution in [2.24, 2.45) is 5.92 Å². The molecule has 0 heterocycles. The third kappa shape index (κ3) is 5.12. The molecule has 126 valence electrons. The predicted molar refractivity (Wildman–Crippen MR) is 95.2 cm³/mol. The highest BCUT2D eigenvalue weighted by atomic mass is 16.5. The largest absolute Gasteiger partial charge is 0.453 e. The summed E-state index contributed by atoms with van der Waals surface area (Å²) in [6, 6.07) is 15.4. The van der Waals surface area contributed by atoms with Crippen LogP contribution in [-0.2, 0) is 16.0 Å². The molecule has 2 aromatic carbocycles. The summed E-state index contributed by atoms with van der Waals surface area (Å²) in [5.74, 6) is -0.0294. The molecular formula is C19H22N2O3. The van der Waals surface area contributed by atoms with Crippen LogP contribution in [0.15, 0.2) is 48.5 Å². The van der Waals surface area contributed by atoms with E-state index in [1.54, 1.807) is 0 Å². The van der Waals surface area contributed by atoms with Crippen molar-refractivity contribution in [3.63, 3.8) is 0 Å². The van der Waals surface area contributed by atoms with Gasteiger partial charge in [0.25, 0.3) is 0 Å². The van der Waals surface area contributed by atoms with Crippen molar-refractivity contribution < 1.29 is 14.3 Å². The topological polar surface area (TPSA) is 67.4 Å². The molecule has 5 heteroatoms. The second kappa shape index (κ2) is 8.15. The molecule has 0 spiro atoms. The molecule has 2 rings (SSSR count). The monoisotopic (exact) mass is 326 g/mol. The minimum atomic E-state index is -0.484. The van der Waals surface area contributed by atoms with E-state index in [4.69, 9.17) is 0 Å². The van der Waals surface area contributed by atoms with Crippen LogP contribution in [0.4, 0.5) is 16.2 Å². The number of carbonyl (C=O) groups excluding carboxylic acids is 2. The third-order valence-electron chi connectivity index (χ3n) is 3.54. The smallest absolute Gasteiger partial charge is 0.411 e. The first kappa shape index (κ1) is 17.5.